The second-order valence-electron chi connectivity index (χ2n) is 7.00. The summed E-state index contributed by atoms with van der Waals surface area (Å²) in [6.45, 7) is 4.91. The summed E-state index contributed by atoms with van der Waals surface area (Å²) < 4.78 is 0. The maximum absolute atomic E-state index is 12.8. The number of nitrogens with zero attached hydrogens (tertiary/aromatic N) is 2. The van der Waals surface area contributed by atoms with E-state index in [1.807, 2.05) is 31.4 Å². The molecule has 4 aromatic rings. The monoisotopic (exact) mass is 439 g/mol. The number of nitrogens with one attached hydrogen (secondary N) is 1. The van der Waals surface area contributed by atoms with Crippen LogP contribution in [0.3, 0.4) is 0 Å². The smallest absolute Gasteiger partial charge is 0.260 e. The zero-order chi connectivity index (χ0) is 21.3. The van der Waals surface area contributed by atoms with Crippen molar-refractivity contribution in [1.29, 1.82) is 0 Å². The number of thiophene rings is 2. The van der Waals surface area contributed by atoms with Crippen LogP contribution < -0.4 is 5.56 Å². The van der Waals surface area contributed by atoms with Gasteiger partial charge in [0.1, 0.15) is 16.4 Å². The van der Waals surface area contributed by atoms with E-state index < -0.39 is 0 Å². The molecule has 0 aliphatic carbocycles. The Labute approximate surface area is 181 Å². The number of amides is 1. The summed E-state index contributed by atoms with van der Waals surface area (Å²) in [4.78, 5) is 37.5. The van der Waals surface area contributed by atoms with Gasteiger partial charge in [0.2, 0.25) is 5.91 Å². The number of fused-ring (bicyclic) bond motifs is 1. The Hall–Kier alpha value is -2.97. The van der Waals surface area contributed by atoms with E-state index in [-0.39, 0.29) is 23.6 Å². The van der Waals surface area contributed by atoms with Gasteiger partial charge in [-0.1, -0.05) is 12.1 Å². The molecule has 0 fully saturated rings. The molecule has 0 spiro atoms. The highest BCUT2D eigenvalue weighted by atomic mass is 32.1. The van der Waals surface area contributed by atoms with E-state index in [1.54, 1.807) is 40.5 Å². The molecule has 0 radical (unpaired) electrons. The molecule has 0 bridgehead atoms. The molecule has 154 valence electrons. The van der Waals surface area contributed by atoms with Crippen molar-refractivity contribution in [3.8, 4) is 16.2 Å². The van der Waals surface area contributed by atoms with Crippen molar-refractivity contribution in [2.24, 2.45) is 0 Å². The van der Waals surface area contributed by atoms with Gasteiger partial charge in [-0.3, -0.25) is 9.59 Å². The van der Waals surface area contributed by atoms with E-state index in [4.69, 9.17) is 0 Å². The van der Waals surface area contributed by atoms with E-state index in [9.17, 15) is 14.7 Å². The summed E-state index contributed by atoms with van der Waals surface area (Å²) in [5.41, 5.74) is 1.60. The fourth-order valence-corrected chi connectivity index (χ4v) is 5.21. The van der Waals surface area contributed by atoms with Gasteiger partial charge in [-0.15, -0.1) is 22.7 Å². The molecule has 0 unspecified atom stereocenters. The first-order valence-corrected chi connectivity index (χ1v) is 11.3. The number of phenols is 1. The zero-order valence-corrected chi connectivity index (χ0v) is 18.3. The number of H-pyrrole nitrogens is 1. The second-order valence-corrected chi connectivity index (χ2v) is 9.15. The lowest BCUT2D eigenvalue weighted by Gasteiger charge is -2.21. The average molecular weight is 440 g/mol. The Bertz CT molecular complexity index is 1250. The topological polar surface area (TPSA) is 86.3 Å². The van der Waals surface area contributed by atoms with Crippen LogP contribution in [0.5, 0.6) is 5.75 Å². The Morgan fingerprint density at radius 1 is 1.20 bits per heavy atom. The lowest BCUT2D eigenvalue weighted by Crippen LogP contribution is -2.32. The molecule has 0 aliphatic rings. The van der Waals surface area contributed by atoms with Crippen molar-refractivity contribution in [2.45, 2.75) is 26.8 Å². The largest absolute Gasteiger partial charge is 0.508 e. The molecule has 6 nitrogen and oxygen atoms in total. The summed E-state index contributed by atoms with van der Waals surface area (Å²) in [7, 11) is 0. The molecule has 8 heteroatoms. The van der Waals surface area contributed by atoms with E-state index >= 15 is 0 Å². The highest BCUT2D eigenvalue weighted by molar-refractivity contribution is 7.19. The first-order valence-electron chi connectivity index (χ1n) is 9.57. The van der Waals surface area contributed by atoms with Gasteiger partial charge in [-0.25, -0.2) is 4.98 Å². The van der Waals surface area contributed by atoms with Crippen molar-refractivity contribution in [3.63, 3.8) is 0 Å². The first-order chi connectivity index (χ1) is 14.4. The van der Waals surface area contributed by atoms with Crippen molar-refractivity contribution in [1.82, 2.24) is 14.9 Å². The predicted molar refractivity (Wildman–Crippen MR) is 121 cm³/mol. The second kappa shape index (κ2) is 8.41. The average Bonchev–Trinajstić information content (AvgIpc) is 3.33. The number of carbonyl (C=O) groups is 1. The third-order valence-electron chi connectivity index (χ3n) is 4.86. The third-order valence-corrected chi connectivity index (χ3v) is 6.77. The van der Waals surface area contributed by atoms with Gasteiger partial charge in [-0.2, -0.15) is 0 Å². The number of hydrogen-bond acceptors (Lipinski definition) is 6. The van der Waals surface area contributed by atoms with Gasteiger partial charge in [-0.05, 0) is 43.7 Å². The summed E-state index contributed by atoms with van der Waals surface area (Å²) in [6, 6.07) is 10.8. The molecule has 0 aliphatic heterocycles. The van der Waals surface area contributed by atoms with Crippen LogP contribution in [-0.2, 0) is 17.8 Å². The van der Waals surface area contributed by atoms with Crippen LogP contribution in [0.25, 0.3) is 20.7 Å². The number of rotatable bonds is 6. The SMILES string of the molecule is CCN(Cc1ccc(O)cc1)C(=O)Cc1nc2scc(-c3ccc(C)s3)c2c(=O)[nH]1. The van der Waals surface area contributed by atoms with E-state index in [0.717, 1.165) is 16.0 Å². The van der Waals surface area contributed by atoms with Gasteiger partial charge < -0.3 is 15.0 Å². The molecule has 3 aromatic heterocycles. The molecule has 3 heterocycles. The maximum Gasteiger partial charge on any atom is 0.260 e. The molecule has 1 amide bonds. The van der Waals surface area contributed by atoms with E-state index in [1.165, 1.54) is 16.2 Å². The number of phenolic OH excluding ortho intramolecular Hbond substituents is 1. The van der Waals surface area contributed by atoms with Crippen molar-refractivity contribution in [2.75, 3.05) is 6.54 Å². The molecule has 4 rings (SSSR count). The van der Waals surface area contributed by atoms with Crippen LogP contribution in [0.4, 0.5) is 0 Å². The Morgan fingerprint density at radius 3 is 2.63 bits per heavy atom. The number of aromatic nitrogens is 2. The van der Waals surface area contributed by atoms with Crippen LogP contribution in [0, 0.1) is 6.92 Å². The van der Waals surface area contributed by atoms with Gasteiger partial charge in [0.05, 0.1) is 11.8 Å². The molecule has 30 heavy (non-hydrogen) atoms. The minimum absolute atomic E-state index is 0.0302. The predicted octanol–water partition coefficient (Wildman–Crippen LogP) is 4.32. The van der Waals surface area contributed by atoms with Gasteiger partial charge in [0.15, 0.2) is 0 Å². The molecular formula is C22H21N3O3S2. The number of aryl methyl sites for hydroxylation is 1. The quantitative estimate of drug-likeness (QED) is 0.469. The standard InChI is InChI=1S/C22H21N3O3S2/c1-3-25(11-14-5-7-15(26)8-6-14)19(27)10-18-23-21(28)20-16(12-29-22(20)24-18)17-9-4-13(2)30-17/h4-9,12,26H,3,10-11H2,1-2H3,(H,23,24,28). The van der Waals surface area contributed by atoms with Crippen LogP contribution in [0.2, 0.25) is 0 Å². The molecule has 2 N–H and O–H groups in total. The fourth-order valence-electron chi connectivity index (χ4n) is 3.29. The molecule has 0 atom stereocenters. The number of aromatic amines is 1. The summed E-state index contributed by atoms with van der Waals surface area (Å²) in [5.74, 6) is 0.451. The Morgan fingerprint density at radius 2 is 1.97 bits per heavy atom. The number of carbonyl (C=O) groups excluding carboxylic acids is 1. The Balaban J connectivity index is 1.56. The number of likely N-dealkylation sites (N-methyl/N-ethyl adjacent to an activating group) is 1. The highest BCUT2D eigenvalue weighted by Crippen LogP contribution is 2.35. The third kappa shape index (κ3) is 4.15. The minimum Gasteiger partial charge on any atom is -0.508 e. The van der Waals surface area contributed by atoms with Crippen molar-refractivity contribution < 1.29 is 9.90 Å². The Kier molecular flexibility index (Phi) is 5.69. The highest BCUT2D eigenvalue weighted by Gasteiger charge is 2.18. The van der Waals surface area contributed by atoms with Crippen LogP contribution in [0.15, 0.2) is 46.6 Å². The van der Waals surface area contributed by atoms with Gasteiger partial charge >= 0.3 is 0 Å². The molecule has 0 saturated heterocycles. The number of aromatic hydroxyl groups is 1. The van der Waals surface area contributed by atoms with Crippen LogP contribution in [-0.4, -0.2) is 32.4 Å². The van der Waals surface area contributed by atoms with E-state index in [0.29, 0.717) is 29.1 Å². The minimum atomic E-state index is -0.216. The number of hydrogen-bond donors (Lipinski definition) is 2. The van der Waals surface area contributed by atoms with Crippen molar-refractivity contribution >= 4 is 38.8 Å². The molecular weight excluding hydrogens is 418 g/mol. The van der Waals surface area contributed by atoms with Crippen molar-refractivity contribution in [3.05, 3.63) is 68.4 Å². The maximum atomic E-state index is 12.8. The zero-order valence-electron chi connectivity index (χ0n) is 16.6. The van der Waals surface area contributed by atoms with Gasteiger partial charge in [0.25, 0.3) is 5.56 Å². The summed E-state index contributed by atoms with van der Waals surface area (Å²) >= 11 is 3.06. The van der Waals surface area contributed by atoms with E-state index in [2.05, 4.69) is 9.97 Å². The molecule has 0 saturated carbocycles. The fraction of sp³-hybridized carbons (Fsp3) is 0.227. The van der Waals surface area contributed by atoms with Crippen LogP contribution >= 0.6 is 22.7 Å². The lowest BCUT2D eigenvalue weighted by molar-refractivity contribution is -0.131. The van der Waals surface area contributed by atoms with Crippen LogP contribution in [0.1, 0.15) is 23.2 Å². The number of benzene rings is 1. The molecule has 1 aromatic carbocycles. The first kappa shape index (κ1) is 20.3. The van der Waals surface area contributed by atoms with Gasteiger partial charge in [0, 0.05) is 33.8 Å². The summed E-state index contributed by atoms with van der Waals surface area (Å²) in [6.07, 6.45) is 0.0302. The summed E-state index contributed by atoms with van der Waals surface area (Å²) in [5, 5.41) is 11.9. The normalized spacial score (nSPS) is 11.1. The lowest BCUT2D eigenvalue weighted by atomic mass is 10.2.